The van der Waals surface area contributed by atoms with Crippen molar-refractivity contribution in [1.82, 2.24) is 4.90 Å². The number of halogens is 2. The Morgan fingerprint density at radius 2 is 2.19 bits per heavy atom. The molecule has 3 nitrogen and oxygen atoms in total. The van der Waals surface area contributed by atoms with Gasteiger partial charge < -0.3 is 10.0 Å². The van der Waals surface area contributed by atoms with E-state index in [0.29, 0.717) is 25.1 Å². The molecule has 21 heavy (non-hydrogen) atoms. The number of piperidine rings is 1. The molecule has 1 saturated carbocycles. The van der Waals surface area contributed by atoms with Gasteiger partial charge in [-0.3, -0.25) is 4.79 Å². The first-order valence-corrected chi connectivity index (χ1v) is 7.44. The van der Waals surface area contributed by atoms with Crippen molar-refractivity contribution in [2.45, 2.75) is 25.2 Å². The van der Waals surface area contributed by atoms with Gasteiger partial charge in [-0.05, 0) is 42.7 Å². The van der Waals surface area contributed by atoms with E-state index in [4.69, 9.17) is 0 Å². The van der Waals surface area contributed by atoms with Gasteiger partial charge in [0.25, 0.3) is 0 Å². The zero-order chi connectivity index (χ0) is 15.0. The molecule has 0 radical (unpaired) electrons. The molecule has 5 heteroatoms. The number of carbonyl (C=O) groups excluding carboxylic acids is 1. The molecule has 1 N–H and O–H groups in total. The zero-order valence-electron chi connectivity index (χ0n) is 11.8. The Balaban J connectivity index is 1.65. The number of aliphatic hydroxyl groups is 1. The number of amides is 1. The summed E-state index contributed by atoms with van der Waals surface area (Å²) in [7, 11) is 0. The fourth-order valence-electron chi connectivity index (χ4n) is 3.26. The van der Waals surface area contributed by atoms with Crippen molar-refractivity contribution in [2.24, 2.45) is 11.8 Å². The highest BCUT2D eigenvalue weighted by molar-refractivity contribution is 5.83. The summed E-state index contributed by atoms with van der Waals surface area (Å²) in [5, 5.41) is 9.21. The van der Waals surface area contributed by atoms with Crippen LogP contribution in [0.4, 0.5) is 8.78 Å². The summed E-state index contributed by atoms with van der Waals surface area (Å²) in [6.45, 7) is 1.40. The van der Waals surface area contributed by atoms with E-state index in [1.807, 2.05) is 0 Å². The van der Waals surface area contributed by atoms with Gasteiger partial charge in [-0.1, -0.05) is 6.07 Å². The van der Waals surface area contributed by atoms with Crippen LogP contribution in [0.2, 0.25) is 0 Å². The van der Waals surface area contributed by atoms with Crippen LogP contribution in [0.5, 0.6) is 0 Å². The number of carbonyl (C=O) groups is 1. The van der Waals surface area contributed by atoms with Crippen LogP contribution in [0, 0.1) is 23.5 Å². The molecule has 1 heterocycles. The minimum absolute atomic E-state index is 0.0434. The number of likely N-dealkylation sites (tertiary alicyclic amines) is 1. The SMILES string of the molecule is O=C(C1CC1c1ccc(F)cc1F)N1CCCC(CO)C1. The van der Waals surface area contributed by atoms with Crippen LogP contribution in [0.3, 0.4) is 0 Å². The first-order valence-electron chi connectivity index (χ1n) is 7.44. The van der Waals surface area contributed by atoms with E-state index in [2.05, 4.69) is 0 Å². The number of nitrogens with zero attached hydrogens (tertiary/aromatic N) is 1. The second-order valence-corrected chi connectivity index (χ2v) is 6.09. The van der Waals surface area contributed by atoms with Gasteiger partial charge in [0.15, 0.2) is 0 Å². The number of aliphatic hydroxyl groups excluding tert-OH is 1. The van der Waals surface area contributed by atoms with Crippen LogP contribution in [0.15, 0.2) is 18.2 Å². The third-order valence-corrected chi connectivity index (χ3v) is 4.56. The Bertz CT molecular complexity index is 549. The molecular formula is C16H19F2NO2. The summed E-state index contributed by atoms with van der Waals surface area (Å²) in [4.78, 5) is 14.2. The molecule has 1 aliphatic carbocycles. The van der Waals surface area contributed by atoms with Crippen molar-refractivity contribution in [3.05, 3.63) is 35.4 Å². The lowest BCUT2D eigenvalue weighted by Crippen LogP contribution is -2.41. The van der Waals surface area contributed by atoms with Crippen molar-refractivity contribution in [3.8, 4) is 0 Å². The summed E-state index contributed by atoms with van der Waals surface area (Å²) in [6, 6.07) is 3.55. The average Bonchev–Trinajstić information content (AvgIpc) is 3.27. The Morgan fingerprint density at radius 1 is 1.38 bits per heavy atom. The van der Waals surface area contributed by atoms with Gasteiger partial charge >= 0.3 is 0 Å². The lowest BCUT2D eigenvalue weighted by atomic mass is 9.98. The summed E-state index contributed by atoms with van der Waals surface area (Å²) in [5.41, 5.74) is 0.436. The molecule has 0 aromatic heterocycles. The average molecular weight is 295 g/mol. The Morgan fingerprint density at radius 3 is 2.90 bits per heavy atom. The van der Waals surface area contributed by atoms with Crippen LogP contribution < -0.4 is 0 Å². The third kappa shape index (κ3) is 2.93. The zero-order valence-corrected chi connectivity index (χ0v) is 11.8. The normalized spacial score (nSPS) is 28.5. The fourth-order valence-corrected chi connectivity index (χ4v) is 3.26. The molecule has 114 valence electrons. The molecule has 3 atom stereocenters. The second-order valence-electron chi connectivity index (χ2n) is 6.09. The minimum Gasteiger partial charge on any atom is -0.396 e. The standard InChI is InChI=1S/C16H19F2NO2/c17-11-3-4-12(15(18)6-11)13-7-14(13)16(21)19-5-1-2-10(8-19)9-20/h3-4,6,10,13-14,20H,1-2,5,7-9H2. The van der Waals surface area contributed by atoms with Crippen LogP contribution >= 0.6 is 0 Å². The molecule has 0 bridgehead atoms. The Hall–Kier alpha value is -1.49. The van der Waals surface area contributed by atoms with Gasteiger partial charge in [-0.15, -0.1) is 0 Å². The predicted molar refractivity (Wildman–Crippen MR) is 73.6 cm³/mol. The highest BCUT2D eigenvalue weighted by Gasteiger charge is 2.47. The van der Waals surface area contributed by atoms with Crippen LogP contribution in [-0.4, -0.2) is 35.6 Å². The van der Waals surface area contributed by atoms with Crippen molar-refractivity contribution in [3.63, 3.8) is 0 Å². The molecule has 2 aliphatic rings. The van der Waals surface area contributed by atoms with Gasteiger partial charge in [0, 0.05) is 31.7 Å². The maximum atomic E-state index is 13.7. The van der Waals surface area contributed by atoms with E-state index >= 15 is 0 Å². The highest BCUT2D eigenvalue weighted by Crippen LogP contribution is 2.49. The van der Waals surface area contributed by atoms with Gasteiger partial charge in [0.1, 0.15) is 11.6 Å². The molecule has 3 unspecified atom stereocenters. The van der Waals surface area contributed by atoms with Gasteiger partial charge in [0.2, 0.25) is 5.91 Å². The maximum absolute atomic E-state index is 13.7. The number of rotatable bonds is 3. The highest BCUT2D eigenvalue weighted by atomic mass is 19.1. The van der Waals surface area contributed by atoms with Gasteiger partial charge in [0.05, 0.1) is 0 Å². The molecule has 0 spiro atoms. The summed E-state index contributed by atoms with van der Waals surface area (Å²) < 4.78 is 26.7. The molecular weight excluding hydrogens is 276 g/mol. The van der Waals surface area contributed by atoms with Gasteiger partial charge in [-0.25, -0.2) is 8.78 Å². The quantitative estimate of drug-likeness (QED) is 0.929. The monoisotopic (exact) mass is 295 g/mol. The van der Waals surface area contributed by atoms with Crippen LogP contribution in [0.25, 0.3) is 0 Å². The molecule has 1 amide bonds. The number of benzene rings is 1. The van der Waals surface area contributed by atoms with Crippen molar-refractivity contribution in [1.29, 1.82) is 0 Å². The lowest BCUT2D eigenvalue weighted by Gasteiger charge is -2.32. The van der Waals surface area contributed by atoms with E-state index < -0.39 is 11.6 Å². The van der Waals surface area contributed by atoms with E-state index in [9.17, 15) is 18.7 Å². The van der Waals surface area contributed by atoms with Crippen molar-refractivity contribution in [2.75, 3.05) is 19.7 Å². The number of hydrogen-bond acceptors (Lipinski definition) is 2. The third-order valence-electron chi connectivity index (χ3n) is 4.56. The Labute approximate surface area is 122 Å². The van der Waals surface area contributed by atoms with E-state index in [0.717, 1.165) is 18.9 Å². The molecule has 1 aromatic carbocycles. The Kier molecular flexibility index (Phi) is 3.93. The molecule has 1 aromatic rings. The van der Waals surface area contributed by atoms with Crippen LogP contribution in [0.1, 0.15) is 30.7 Å². The smallest absolute Gasteiger partial charge is 0.226 e. The summed E-state index contributed by atoms with van der Waals surface area (Å²) >= 11 is 0. The first-order chi connectivity index (χ1) is 10.1. The maximum Gasteiger partial charge on any atom is 0.226 e. The number of hydrogen-bond donors (Lipinski definition) is 1. The fraction of sp³-hybridized carbons (Fsp3) is 0.562. The summed E-state index contributed by atoms with van der Waals surface area (Å²) in [6.07, 6.45) is 2.47. The first kappa shape index (κ1) is 14.4. The topological polar surface area (TPSA) is 40.5 Å². The van der Waals surface area contributed by atoms with Crippen molar-refractivity contribution < 1.29 is 18.7 Å². The van der Waals surface area contributed by atoms with Crippen LogP contribution in [-0.2, 0) is 4.79 Å². The van der Waals surface area contributed by atoms with E-state index in [1.54, 1.807) is 4.90 Å². The van der Waals surface area contributed by atoms with Crippen molar-refractivity contribution >= 4 is 5.91 Å². The predicted octanol–water partition coefficient (Wildman–Crippen LogP) is 2.30. The second kappa shape index (κ2) is 5.72. The van der Waals surface area contributed by atoms with E-state index in [1.165, 1.54) is 12.1 Å². The molecule has 1 aliphatic heterocycles. The minimum atomic E-state index is -0.596. The largest absolute Gasteiger partial charge is 0.396 e. The lowest BCUT2D eigenvalue weighted by molar-refractivity contribution is -0.134. The van der Waals surface area contributed by atoms with E-state index in [-0.39, 0.29) is 30.3 Å². The molecule has 3 rings (SSSR count). The molecule has 1 saturated heterocycles. The summed E-state index contributed by atoms with van der Waals surface area (Å²) in [5.74, 6) is -1.29. The van der Waals surface area contributed by atoms with Gasteiger partial charge in [-0.2, -0.15) is 0 Å². The molecule has 2 fully saturated rings.